The molecule has 0 bridgehead atoms. The lowest BCUT2D eigenvalue weighted by molar-refractivity contribution is 0.413. The van der Waals surface area contributed by atoms with Crippen LogP contribution >= 0.6 is 0 Å². The fourth-order valence-corrected chi connectivity index (χ4v) is 1.36. The highest BCUT2D eigenvalue weighted by Crippen LogP contribution is 2.27. The molecule has 0 amide bonds. The number of rotatable bonds is 5. The topological polar surface area (TPSA) is 24.5 Å². The lowest BCUT2D eigenvalue weighted by Crippen LogP contribution is -2.27. The molecule has 1 N–H and O–H groups in total. The van der Waals surface area contributed by atoms with Gasteiger partial charge in [-0.3, -0.25) is 0 Å². The summed E-state index contributed by atoms with van der Waals surface area (Å²) in [7, 11) is 5.38. The van der Waals surface area contributed by atoms with Gasteiger partial charge in [-0.2, -0.15) is 0 Å². The average Bonchev–Trinajstić information content (AvgIpc) is 2.25. The van der Waals surface area contributed by atoms with E-state index in [0.29, 0.717) is 5.75 Å². The van der Waals surface area contributed by atoms with Gasteiger partial charge in [-0.1, -0.05) is 0 Å². The number of hydrogen-bond donors (Lipinski definition) is 1. The monoisotopic (exact) mass is 212 g/mol. The molecule has 1 rings (SSSR count). The van der Waals surface area contributed by atoms with Crippen LogP contribution in [-0.2, 0) is 0 Å². The number of nitrogens with zero attached hydrogens (tertiary/aromatic N) is 1. The fourth-order valence-electron chi connectivity index (χ4n) is 1.36. The van der Waals surface area contributed by atoms with Crippen molar-refractivity contribution in [2.75, 3.05) is 39.2 Å². The minimum absolute atomic E-state index is 0.248. The van der Waals surface area contributed by atoms with Crippen LogP contribution in [0, 0.1) is 5.82 Å². The molecule has 0 aliphatic rings. The van der Waals surface area contributed by atoms with Crippen molar-refractivity contribution in [2.45, 2.75) is 0 Å². The summed E-state index contributed by atoms with van der Waals surface area (Å²) in [5, 5.41) is 3.04. The molecule has 0 atom stereocenters. The van der Waals surface area contributed by atoms with Gasteiger partial charge in [-0.25, -0.2) is 4.39 Å². The van der Waals surface area contributed by atoms with Gasteiger partial charge in [0, 0.05) is 26.2 Å². The van der Waals surface area contributed by atoms with E-state index in [9.17, 15) is 4.39 Å². The summed E-state index contributed by atoms with van der Waals surface area (Å²) in [6.45, 7) is 1.65. The molecular weight excluding hydrogens is 195 g/mol. The molecule has 84 valence electrons. The van der Waals surface area contributed by atoms with Crippen molar-refractivity contribution in [3.8, 4) is 5.75 Å². The zero-order valence-corrected chi connectivity index (χ0v) is 9.38. The molecule has 1 aromatic carbocycles. The highest BCUT2D eigenvalue weighted by molar-refractivity contribution is 5.58. The van der Waals surface area contributed by atoms with Crippen LogP contribution in [0.4, 0.5) is 10.1 Å². The maximum Gasteiger partial charge on any atom is 0.142 e. The lowest BCUT2D eigenvalue weighted by atomic mass is 10.2. The summed E-state index contributed by atoms with van der Waals surface area (Å²) in [4.78, 5) is 1.96. The normalized spacial score (nSPS) is 10.1. The summed E-state index contributed by atoms with van der Waals surface area (Å²) in [6.07, 6.45) is 0. The molecule has 15 heavy (non-hydrogen) atoms. The average molecular weight is 212 g/mol. The van der Waals surface area contributed by atoms with Gasteiger partial charge < -0.3 is 15.0 Å². The third kappa shape index (κ3) is 3.09. The maximum absolute atomic E-state index is 13.1. The van der Waals surface area contributed by atoms with Crippen LogP contribution in [0.5, 0.6) is 5.75 Å². The van der Waals surface area contributed by atoms with Crippen LogP contribution in [0.2, 0.25) is 0 Å². The third-order valence-corrected chi connectivity index (χ3v) is 2.25. The Morgan fingerprint density at radius 3 is 2.80 bits per heavy atom. The number of hydrogen-bond acceptors (Lipinski definition) is 3. The van der Waals surface area contributed by atoms with Crippen molar-refractivity contribution in [2.24, 2.45) is 0 Å². The second-order valence-corrected chi connectivity index (χ2v) is 3.34. The Morgan fingerprint density at radius 2 is 2.20 bits per heavy atom. The molecule has 0 aromatic heterocycles. The Hall–Kier alpha value is -1.29. The molecule has 3 nitrogen and oxygen atoms in total. The third-order valence-electron chi connectivity index (χ3n) is 2.25. The van der Waals surface area contributed by atoms with Crippen molar-refractivity contribution in [3.05, 3.63) is 24.0 Å². The van der Waals surface area contributed by atoms with E-state index in [1.807, 2.05) is 19.0 Å². The number of nitrogens with one attached hydrogen (secondary N) is 1. The van der Waals surface area contributed by atoms with Gasteiger partial charge in [-0.05, 0) is 19.2 Å². The molecule has 0 fully saturated rings. The summed E-state index contributed by atoms with van der Waals surface area (Å²) >= 11 is 0. The Kier molecular flexibility index (Phi) is 4.37. The maximum atomic E-state index is 13.1. The van der Waals surface area contributed by atoms with Crippen molar-refractivity contribution >= 4 is 5.69 Å². The molecule has 0 unspecified atom stereocenters. The minimum Gasteiger partial charge on any atom is -0.495 e. The smallest absolute Gasteiger partial charge is 0.142 e. The standard InChI is InChI=1S/C11H17FN2O/c1-13-6-7-14(2)10-8-9(12)4-5-11(10)15-3/h4-5,8,13H,6-7H2,1-3H3. The highest BCUT2D eigenvalue weighted by atomic mass is 19.1. The molecule has 1 aromatic rings. The zero-order chi connectivity index (χ0) is 11.3. The largest absolute Gasteiger partial charge is 0.495 e. The van der Waals surface area contributed by atoms with Crippen LogP contribution in [0.1, 0.15) is 0 Å². The molecular formula is C11H17FN2O. The predicted octanol–water partition coefficient (Wildman–Crippen LogP) is 1.49. The van der Waals surface area contributed by atoms with Crippen molar-refractivity contribution < 1.29 is 9.13 Å². The fraction of sp³-hybridized carbons (Fsp3) is 0.455. The van der Waals surface area contributed by atoms with Gasteiger partial charge >= 0.3 is 0 Å². The molecule has 0 saturated heterocycles. The molecule has 4 heteroatoms. The number of ether oxygens (including phenoxy) is 1. The second-order valence-electron chi connectivity index (χ2n) is 3.34. The van der Waals surface area contributed by atoms with Gasteiger partial charge in [0.25, 0.3) is 0 Å². The van der Waals surface area contributed by atoms with Gasteiger partial charge in [0.2, 0.25) is 0 Å². The van der Waals surface area contributed by atoms with E-state index in [2.05, 4.69) is 5.32 Å². The first-order valence-electron chi connectivity index (χ1n) is 4.88. The van der Waals surface area contributed by atoms with Crippen LogP contribution in [0.25, 0.3) is 0 Å². The van der Waals surface area contributed by atoms with Gasteiger partial charge in [0.05, 0.1) is 12.8 Å². The SMILES string of the molecule is CNCCN(C)c1cc(F)ccc1OC. The van der Waals surface area contributed by atoms with E-state index in [0.717, 1.165) is 18.8 Å². The quantitative estimate of drug-likeness (QED) is 0.800. The van der Waals surface area contributed by atoms with Gasteiger partial charge in [-0.15, -0.1) is 0 Å². The Labute approximate surface area is 89.8 Å². The van der Waals surface area contributed by atoms with E-state index >= 15 is 0 Å². The van der Waals surface area contributed by atoms with E-state index in [1.165, 1.54) is 12.1 Å². The molecule has 0 saturated carbocycles. The summed E-state index contributed by atoms with van der Waals surface area (Å²) in [6, 6.07) is 4.52. The highest BCUT2D eigenvalue weighted by Gasteiger charge is 2.08. The first kappa shape index (κ1) is 11.8. The molecule has 0 radical (unpaired) electrons. The summed E-state index contributed by atoms with van der Waals surface area (Å²) < 4.78 is 18.2. The first-order valence-corrected chi connectivity index (χ1v) is 4.88. The van der Waals surface area contributed by atoms with E-state index in [1.54, 1.807) is 13.2 Å². The van der Waals surface area contributed by atoms with Crippen LogP contribution < -0.4 is 15.0 Å². The van der Waals surface area contributed by atoms with Crippen LogP contribution in [-0.4, -0.2) is 34.3 Å². The molecule has 0 aliphatic carbocycles. The first-order chi connectivity index (χ1) is 7.19. The molecule has 0 aliphatic heterocycles. The number of halogens is 1. The van der Waals surface area contributed by atoms with Crippen LogP contribution in [0.15, 0.2) is 18.2 Å². The van der Waals surface area contributed by atoms with Gasteiger partial charge in [0.15, 0.2) is 0 Å². The Balaban J connectivity index is 2.85. The van der Waals surface area contributed by atoms with E-state index in [4.69, 9.17) is 4.74 Å². The summed E-state index contributed by atoms with van der Waals surface area (Å²) in [5.41, 5.74) is 0.771. The minimum atomic E-state index is -0.248. The van der Waals surface area contributed by atoms with E-state index in [-0.39, 0.29) is 5.82 Å². The predicted molar refractivity (Wildman–Crippen MR) is 60.1 cm³/mol. The van der Waals surface area contributed by atoms with Crippen molar-refractivity contribution in [3.63, 3.8) is 0 Å². The van der Waals surface area contributed by atoms with Crippen molar-refractivity contribution in [1.82, 2.24) is 5.32 Å². The number of benzene rings is 1. The summed E-state index contributed by atoms with van der Waals surface area (Å²) in [5.74, 6) is 0.442. The van der Waals surface area contributed by atoms with Crippen LogP contribution in [0.3, 0.4) is 0 Å². The van der Waals surface area contributed by atoms with E-state index < -0.39 is 0 Å². The Bertz CT molecular complexity index is 317. The molecule has 0 heterocycles. The number of anilines is 1. The Morgan fingerprint density at radius 1 is 1.47 bits per heavy atom. The zero-order valence-electron chi connectivity index (χ0n) is 9.38. The van der Waals surface area contributed by atoms with Gasteiger partial charge in [0.1, 0.15) is 11.6 Å². The second kappa shape index (κ2) is 5.56. The van der Waals surface area contributed by atoms with Crippen molar-refractivity contribution in [1.29, 1.82) is 0 Å². The number of likely N-dealkylation sites (N-methyl/N-ethyl adjacent to an activating group) is 2. The number of methoxy groups -OCH3 is 1. The molecule has 0 spiro atoms. The lowest BCUT2D eigenvalue weighted by Gasteiger charge is -2.21.